The number of fused-ring (bicyclic) bond motifs is 3. The van der Waals surface area contributed by atoms with Crippen molar-refractivity contribution in [1.82, 2.24) is 5.32 Å². The van der Waals surface area contributed by atoms with Gasteiger partial charge < -0.3 is 15.0 Å². The van der Waals surface area contributed by atoms with E-state index in [1.54, 1.807) is 17.4 Å². The molecule has 2 heterocycles. The van der Waals surface area contributed by atoms with Gasteiger partial charge in [-0.05, 0) is 43.0 Å². The summed E-state index contributed by atoms with van der Waals surface area (Å²) in [6, 6.07) is 3.76. The molecule has 0 spiro atoms. The predicted molar refractivity (Wildman–Crippen MR) is 103 cm³/mol. The van der Waals surface area contributed by atoms with E-state index in [-0.39, 0.29) is 17.8 Å². The number of benzene rings is 1. The number of alkyl halides is 4. The first-order valence-corrected chi connectivity index (χ1v) is 9.95. The molecule has 1 aromatic carbocycles. The van der Waals surface area contributed by atoms with Crippen LogP contribution in [-0.4, -0.2) is 49.2 Å². The maximum Gasteiger partial charge on any atom is 0.471 e. The van der Waals surface area contributed by atoms with E-state index in [4.69, 9.17) is 23.2 Å². The van der Waals surface area contributed by atoms with Crippen molar-refractivity contribution in [3.05, 3.63) is 28.8 Å². The number of carbonyl (C=O) groups is 2. The van der Waals surface area contributed by atoms with Crippen LogP contribution in [0.25, 0.3) is 0 Å². The largest absolute Gasteiger partial charge is 0.471 e. The van der Waals surface area contributed by atoms with E-state index in [1.807, 2.05) is 13.0 Å². The fraction of sp³-hybridized carbons (Fsp3) is 0.579. The molecule has 29 heavy (non-hydrogen) atoms. The number of hydrogen-bond donors (Lipinski definition) is 1. The highest BCUT2D eigenvalue weighted by atomic mass is 35.5. The number of carbonyl (C=O) groups excluding carboxylic acids is 2. The van der Waals surface area contributed by atoms with Crippen molar-refractivity contribution in [2.75, 3.05) is 18.6 Å². The van der Waals surface area contributed by atoms with Crippen molar-refractivity contribution in [1.29, 1.82) is 0 Å². The number of esters is 1. The summed E-state index contributed by atoms with van der Waals surface area (Å²) in [4.78, 5) is 25.9. The fourth-order valence-corrected chi connectivity index (χ4v) is 4.89. The summed E-state index contributed by atoms with van der Waals surface area (Å²) in [7, 11) is 1.07. The molecule has 1 saturated heterocycles. The van der Waals surface area contributed by atoms with E-state index >= 15 is 0 Å². The van der Waals surface area contributed by atoms with Gasteiger partial charge in [-0.25, -0.2) is 4.79 Å². The van der Waals surface area contributed by atoms with Crippen molar-refractivity contribution in [2.45, 2.75) is 55.2 Å². The van der Waals surface area contributed by atoms with Gasteiger partial charge in [0.25, 0.3) is 0 Å². The lowest BCUT2D eigenvalue weighted by molar-refractivity contribution is -0.176. The predicted octanol–water partition coefficient (Wildman–Crippen LogP) is 3.80. The van der Waals surface area contributed by atoms with Crippen LogP contribution in [0.15, 0.2) is 18.2 Å². The van der Waals surface area contributed by atoms with E-state index in [9.17, 15) is 22.8 Å². The van der Waals surface area contributed by atoms with Gasteiger partial charge in [0.2, 0.25) is 0 Å². The number of ether oxygens (including phenoxy) is 1. The zero-order valence-corrected chi connectivity index (χ0v) is 17.4. The van der Waals surface area contributed by atoms with Gasteiger partial charge in [-0.1, -0.05) is 18.5 Å². The molecule has 0 saturated carbocycles. The van der Waals surface area contributed by atoms with Gasteiger partial charge >= 0.3 is 18.1 Å². The fourth-order valence-electron chi connectivity index (χ4n) is 4.46. The van der Waals surface area contributed by atoms with Gasteiger partial charge in [-0.2, -0.15) is 13.2 Å². The highest BCUT2D eigenvalue weighted by molar-refractivity contribution is 6.30. The normalized spacial score (nSPS) is 27.1. The van der Waals surface area contributed by atoms with E-state index in [1.165, 1.54) is 0 Å². The Morgan fingerprint density at radius 2 is 2.10 bits per heavy atom. The van der Waals surface area contributed by atoms with Gasteiger partial charge in [0.15, 0.2) is 0 Å². The summed E-state index contributed by atoms with van der Waals surface area (Å²) in [6.07, 6.45) is -3.84. The number of nitrogens with one attached hydrogen (secondary N) is 1. The second kappa shape index (κ2) is 7.87. The first-order valence-electron chi connectivity index (χ1n) is 9.13. The molecule has 0 bridgehead atoms. The molecule has 1 fully saturated rings. The number of piperidine rings is 1. The number of methoxy groups -OCH3 is 1. The number of halogens is 5. The zero-order chi connectivity index (χ0) is 21.6. The molecule has 2 aliphatic rings. The van der Waals surface area contributed by atoms with Gasteiger partial charge in [-0.15, -0.1) is 11.6 Å². The van der Waals surface area contributed by atoms with Gasteiger partial charge in [0, 0.05) is 34.1 Å². The second-order valence-electron chi connectivity index (χ2n) is 7.66. The average molecular weight is 453 g/mol. The van der Waals surface area contributed by atoms with Crippen LogP contribution >= 0.6 is 23.2 Å². The smallest absolute Gasteiger partial charge is 0.467 e. The molecule has 4 atom stereocenters. The van der Waals surface area contributed by atoms with Crippen LogP contribution < -0.4 is 10.2 Å². The molecule has 5 nitrogen and oxygen atoms in total. The minimum atomic E-state index is -5.11. The average Bonchev–Trinajstić information content (AvgIpc) is 2.88. The highest BCUT2D eigenvalue weighted by Crippen LogP contribution is 2.52. The van der Waals surface area contributed by atoms with Crippen molar-refractivity contribution in [3.8, 4) is 0 Å². The third kappa shape index (κ3) is 4.14. The lowest BCUT2D eigenvalue weighted by Crippen LogP contribution is -2.54. The molecule has 1 aromatic rings. The Hall–Kier alpha value is -1.67. The molecule has 1 unspecified atom stereocenters. The van der Waals surface area contributed by atoms with Gasteiger partial charge in [-0.3, -0.25) is 4.79 Å². The summed E-state index contributed by atoms with van der Waals surface area (Å²) >= 11 is 12.6. The maximum atomic E-state index is 12.8. The van der Waals surface area contributed by atoms with Crippen LogP contribution in [0.3, 0.4) is 0 Å². The SMILES string of the molecule is COC(=O)C(C[C@@]1(C)c2cc(Cl)ccc2N2CC[C@H](Cl)C[C@@H]21)NC(=O)C(F)(F)F. The number of nitrogens with zero attached hydrogens (tertiary/aromatic N) is 1. The summed E-state index contributed by atoms with van der Waals surface area (Å²) < 4.78 is 43.0. The molecule has 3 rings (SSSR count). The first-order chi connectivity index (χ1) is 13.5. The van der Waals surface area contributed by atoms with Gasteiger partial charge in [0.1, 0.15) is 6.04 Å². The number of anilines is 1. The minimum Gasteiger partial charge on any atom is -0.467 e. The molecule has 160 valence electrons. The van der Waals surface area contributed by atoms with E-state index in [0.29, 0.717) is 18.0 Å². The summed E-state index contributed by atoms with van der Waals surface area (Å²) in [5.41, 5.74) is 0.957. The first kappa shape index (κ1) is 22.0. The zero-order valence-electron chi connectivity index (χ0n) is 15.9. The molecular weight excluding hydrogens is 432 g/mol. The molecule has 2 aliphatic heterocycles. The summed E-state index contributed by atoms with van der Waals surface area (Å²) in [5.74, 6) is -3.12. The molecule has 1 N–H and O–H groups in total. The molecular formula is C19H21Cl2F3N2O3. The van der Waals surface area contributed by atoms with E-state index in [2.05, 4.69) is 9.64 Å². The lowest BCUT2D eigenvalue weighted by atomic mass is 9.71. The highest BCUT2D eigenvalue weighted by Gasteiger charge is 2.52. The number of hydrogen-bond acceptors (Lipinski definition) is 4. The molecule has 0 aliphatic carbocycles. The number of rotatable bonds is 4. The summed E-state index contributed by atoms with van der Waals surface area (Å²) in [6.45, 7) is 2.54. The van der Waals surface area contributed by atoms with Crippen LogP contribution in [0, 0.1) is 0 Å². The van der Waals surface area contributed by atoms with E-state index in [0.717, 1.165) is 24.8 Å². The molecule has 0 radical (unpaired) electrons. The van der Waals surface area contributed by atoms with Crippen LogP contribution in [0.5, 0.6) is 0 Å². The standard InChI is InChI=1S/C19H21Cl2F3N2O3/c1-18(9-13(16(27)29-2)25-17(28)19(22,23)24)12-7-10(20)3-4-14(12)26-6-5-11(21)8-15(18)26/h3-4,7,11,13,15H,5-6,8-9H2,1-2H3,(H,25,28)/t11-,13?,15+,18-/m0/s1. The topological polar surface area (TPSA) is 58.6 Å². The summed E-state index contributed by atoms with van der Waals surface area (Å²) in [5, 5.41) is 2.17. The Morgan fingerprint density at radius 3 is 2.72 bits per heavy atom. The quantitative estimate of drug-likeness (QED) is 0.557. The molecule has 1 amide bonds. The lowest BCUT2D eigenvalue weighted by Gasteiger charge is -2.42. The third-order valence-corrected chi connectivity index (χ3v) is 6.47. The van der Waals surface area contributed by atoms with Crippen LogP contribution in [-0.2, 0) is 19.7 Å². The van der Waals surface area contributed by atoms with Gasteiger partial charge in [0.05, 0.1) is 7.11 Å². The Balaban J connectivity index is 2.00. The van der Waals surface area contributed by atoms with Crippen LogP contribution in [0.4, 0.5) is 18.9 Å². The Labute approximate surface area is 176 Å². The minimum absolute atomic E-state index is 0.0837. The third-order valence-electron chi connectivity index (χ3n) is 5.83. The molecule has 10 heteroatoms. The van der Waals surface area contributed by atoms with Crippen LogP contribution in [0.2, 0.25) is 5.02 Å². The monoisotopic (exact) mass is 452 g/mol. The van der Waals surface area contributed by atoms with Crippen molar-refractivity contribution >= 4 is 40.8 Å². The molecule has 0 aromatic heterocycles. The van der Waals surface area contributed by atoms with Crippen LogP contribution in [0.1, 0.15) is 31.7 Å². The van der Waals surface area contributed by atoms with E-state index < -0.39 is 29.5 Å². The number of amides is 1. The Bertz CT molecular complexity index is 820. The Kier molecular flexibility index (Phi) is 5.98. The second-order valence-corrected chi connectivity index (χ2v) is 8.71. The Morgan fingerprint density at radius 1 is 1.41 bits per heavy atom. The van der Waals surface area contributed by atoms with Crippen molar-refractivity contribution in [3.63, 3.8) is 0 Å². The van der Waals surface area contributed by atoms with Crippen molar-refractivity contribution in [2.24, 2.45) is 0 Å². The maximum absolute atomic E-state index is 12.8. The van der Waals surface area contributed by atoms with Crippen molar-refractivity contribution < 1.29 is 27.5 Å².